The van der Waals surface area contributed by atoms with Gasteiger partial charge < -0.3 is 16.4 Å². The van der Waals surface area contributed by atoms with Gasteiger partial charge in [0.25, 0.3) is 0 Å². The van der Waals surface area contributed by atoms with E-state index in [2.05, 4.69) is 44.9 Å². The van der Waals surface area contributed by atoms with Crippen LogP contribution in [-0.2, 0) is 0 Å². The van der Waals surface area contributed by atoms with E-state index in [0.29, 0.717) is 17.7 Å². The standard InChI is InChI=1S/C16H21N5/c1-11-10-19-16(21-15(11)17)20-14-4-2-12(3-5-14)13-6-8-18-9-7-13/h2-5,10,13,18H,6-9H2,1H3,(H3,17,19,20,21). The molecule has 1 aromatic carbocycles. The van der Waals surface area contributed by atoms with Crippen LogP contribution in [0.15, 0.2) is 30.5 Å². The first kappa shape index (κ1) is 13.8. The summed E-state index contributed by atoms with van der Waals surface area (Å²) in [5.41, 5.74) is 9.08. The zero-order chi connectivity index (χ0) is 14.7. The number of nitrogens with two attached hydrogens (primary N) is 1. The molecule has 1 fully saturated rings. The summed E-state index contributed by atoms with van der Waals surface area (Å²) in [4.78, 5) is 8.46. The average Bonchev–Trinajstić information content (AvgIpc) is 2.53. The quantitative estimate of drug-likeness (QED) is 0.807. The van der Waals surface area contributed by atoms with Crippen LogP contribution in [0.3, 0.4) is 0 Å². The topological polar surface area (TPSA) is 75.9 Å². The van der Waals surface area contributed by atoms with Crippen LogP contribution in [0.2, 0.25) is 0 Å². The van der Waals surface area contributed by atoms with Gasteiger partial charge in [-0.25, -0.2) is 4.98 Å². The first-order chi connectivity index (χ1) is 10.2. The maximum absolute atomic E-state index is 5.80. The Labute approximate surface area is 125 Å². The Morgan fingerprint density at radius 1 is 1.19 bits per heavy atom. The molecule has 2 heterocycles. The van der Waals surface area contributed by atoms with Crippen molar-refractivity contribution in [3.05, 3.63) is 41.6 Å². The highest BCUT2D eigenvalue weighted by Crippen LogP contribution is 2.26. The molecule has 0 unspecified atom stereocenters. The van der Waals surface area contributed by atoms with Crippen molar-refractivity contribution in [2.45, 2.75) is 25.7 Å². The summed E-state index contributed by atoms with van der Waals surface area (Å²) >= 11 is 0. The number of nitrogens with zero attached hydrogens (tertiary/aromatic N) is 2. The Hall–Kier alpha value is -2.14. The molecule has 1 saturated heterocycles. The van der Waals surface area contributed by atoms with Crippen LogP contribution in [0.25, 0.3) is 0 Å². The molecule has 0 radical (unpaired) electrons. The van der Waals surface area contributed by atoms with Gasteiger partial charge in [-0.15, -0.1) is 0 Å². The van der Waals surface area contributed by atoms with E-state index in [1.54, 1.807) is 6.20 Å². The number of hydrogen-bond donors (Lipinski definition) is 3. The molecule has 2 aromatic rings. The normalized spacial score (nSPS) is 15.9. The van der Waals surface area contributed by atoms with Crippen LogP contribution < -0.4 is 16.4 Å². The monoisotopic (exact) mass is 283 g/mol. The fraction of sp³-hybridized carbons (Fsp3) is 0.375. The van der Waals surface area contributed by atoms with Crippen molar-refractivity contribution in [1.29, 1.82) is 0 Å². The van der Waals surface area contributed by atoms with E-state index in [4.69, 9.17) is 5.73 Å². The predicted octanol–water partition coefficient (Wildman–Crippen LogP) is 2.58. The molecule has 0 atom stereocenters. The molecule has 1 aliphatic rings. The van der Waals surface area contributed by atoms with E-state index in [1.165, 1.54) is 18.4 Å². The summed E-state index contributed by atoms with van der Waals surface area (Å²) in [6.07, 6.45) is 4.16. The second-order valence-electron chi connectivity index (χ2n) is 5.53. The summed E-state index contributed by atoms with van der Waals surface area (Å²) in [5, 5.41) is 6.59. The van der Waals surface area contributed by atoms with Gasteiger partial charge in [0, 0.05) is 17.4 Å². The zero-order valence-corrected chi connectivity index (χ0v) is 12.3. The molecule has 0 saturated carbocycles. The number of hydrogen-bond acceptors (Lipinski definition) is 5. The van der Waals surface area contributed by atoms with Crippen LogP contribution in [-0.4, -0.2) is 23.1 Å². The third-order valence-electron chi connectivity index (χ3n) is 3.99. The van der Waals surface area contributed by atoms with Gasteiger partial charge in [0.05, 0.1) is 0 Å². The largest absolute Gasteiger partial charge is 0.383 e. The summed E-state index contributed by atoms with van der Waals surface area (Å²) in [6.45, 7) is 4.12. The summed E-state index contributed by atoms with van der Waals surface area (Å²) < 4.78 is 0. The maximum atomic E-state index is 5.80. The summed E-state index contributed by atoms with van der Waals surface area (Å²) in [7, 11) is 0. The van der Waals surface area contributed by atoms with E-state index >= 15 is 0 Å². The first-order valence-electron chi connectivity index (χ1n) is 7.39. The van der Waals surface area contributed by atoms with E-state index in [1.807, 2.05) is 6.92 Å². The van der Waals surface area contributed by atoms with Gasteiger partial charge in [-0.3, -0.25) is 0 Å². The van der Waals surface area contributed by atoms with Crippen molar-refractivity contribution in [1.82, 2.24) is 15.3 Å². The van der Waals surface area contributed by atoms with Crippen molar-refractivity contribution >= 4 is 17.5 Å². The van der Waals surface area contributed by atoms with Gasteiger partial charge in [0.2, 0.25) is 5.95 Å². The highest BCUT2D eigenvalue weighted by molar-refractivity contribution is 5.55. The number of benzene rings is 1. The van der Waals surface area contributed by atoms with E-state index in [-0.39, 0.29) is 0 Å². The minimum absolute atomic E-state index is 0.513. The van der Waals surface area contributed by atoms with E-state index in [0.717, 1.165) is 24.3 Å². The molecule has 4 N–H and O–H groups in total. The minimum Gasteiger partial charge on any atom is -0.383 e. The molecule has 1 aliphatic heterocycles. The Balaban J connectivity index is 1.70. The number of nitrogens with one attached hydrogen (secondary N) is 2. The molecule has 0 aliphatic carbocycles. The van der Waals surface area contributed by atoms with Crippen LogP contribution in [0.4, 0.5) is 17.5 Å². The molecule has 0 bridgehead atoms. The molecule has 1 aromatic heterocycles. The van der Waals surface area contributed by atoms with Gasteiger partial charge in [0.1, 0.15) is 5.82 Å². The van der Waals surface area contributed by atoms with E-state index in [9.17, 15) is 0 Å². The third kappa shape index (κ3) is 3.31. The third-order valence-corrected chi connectivity index (χ3v) is 3.99. The van der Waals surface area contributed by atoms with Crippen molar-refractivity contribution in [2.75, 3.05) is 24.1 Å². The molecule has 21 heavy (non-hydrogen) atoms. The predicted molar refractivity (Wildman–Crippen MR) is 85.8 cm³/mol. The molecular weight excluding hydrogens is 262 g/mol. The van der Waals surface area contributed by atoms with Crippen LogP contribution >= 0.6 is 0 Å². The van der Waals surface area contributed by atoms with Crippen LogP contribution in [0.5, 0.6) is 0 Å². The first-order valence-corrected chi connectivity index (χ1v) is 7.39. The lowest BCUT2D eigenvalue weighted by Crippen LogP contribution is -2.26. The molecule has 5 nitrogen and oxygen atoms in total. The smallest absolute Gasteiger partial charge is 0.229 e. The van der Waals surface area contributed by atoms with E-state index < -0.39 is 0 Å². The van der Waals surface area contributed by atoms with Crippen molar-refractivity contribution in [3.63, 3.8) is 0 Å². The number of piperidine rings is 1. The molecule has 110 valence electrons. The van der Waals surface area contributed by atoms with Crippen molar-refractivity contribution in [3.8, 4) is 0 Å². The Morgan fingerprint density at radius 2 is 1.90 bits per heavy atom. The van der Waals surface area contributed by atoms with Gasteiger partial charge in [-0.2, -0.15) is 4.98 Å². The van der Waals surface area contributed by atoms with Crippen LogP contribution in [0.1, 0.15) is 29.9 Å². The average molecular weight is 283 g/mol. The SMILES string of the molecule is Cc1cnc(Nc2ccc(C3CCNCC3)cc2)nc1N. The van der Waals surface area contributed by atoms with Crippen molar-refractivity contribution in [2.24, 2.45) is 0 Å². The number of rotatable bonds is 3. The van der Waals surface area contributed by atoms with Gasteiger partial charge in [0.15, 0.2) is 0 Å². The molecular formula is C16H21N5. The fourth-order valence-electron chi connectivity index (χ4n) is 2.64. The highest BCUT2D eigenvalue weighted by Gasteiger charge is 2.14. The Morgan fingerprint density at radius 3 is 2.57 bits per heavy atom. The second kappa shape index (κ2) is 6.10. The van der Waals surface area contributed by atoms with Crippen LogP contribution in [0, 0.1) is 6.92 Å². The lowest BCUT2D eigenvalue weighted by atomic mass is 9.90. The second-order valence-corrected chi connectivity index (χ2v) is 5.53. The molecule has 0 amide bonds. The Kier molecular flexibility index (Phi) is 4.01. The minimum atomic E-state index is 0.513. The Bertz CT molecular complexity index is 603. The summed E-state index contributed by atoms with van der Waals surface area (Å²) in [6, 6.07) is 8.54. The number of aryl methyl sites for hydroxylation is 1. The maximum Gasteiger partial charge on any atom is 0.229 e. The van der Waals surface area contributed by atoms with Gasteiger partial charge >= 0.3 is 0 Å². The van der Waals surface area contributed by atoms with Crippen molar-refractivity contribution < 1.29 is 0 Å². The molecule has 3 rings (SSSR count). The fourth-order valence-corrected chi connectivity index (χ4v) is 2.64. The zero-order valence-electron chi connectivity index (χ0n) is 12.3. The highest BCUT2D eigenvalue weighted by atomic mass is 15.1. The van der Waals surface area contributed by atoms with Gasteiger partial charge in [-0.1, -0.05) is 12.1 Å². The number of nitrogen functional groups attached to an aromatic ring is 1. The number of aromatic nitrogens is 2. The lowest BCUT2D eigenvalue weighted by Gasteiger charge is -2.23. The molecule has 5 heteroatoms. The van der Waals surface area contributed by atoms with Gasteiger partial charge in [-0.05, 0) is 56.5 Å². The lowest BCUT2D eigenvalue weighted by molar-refractivity contribution is 0.460. The molecule has 0 spiro atoms. The summed E-state index contributed by atoms with van der Waals surface area (Å²) in [5.74, 6) is 1.72. The number of anilines is 3.